The molecule has 1 N–H and O–H groups in total. The average Bonchev–Trinajstić information content (AvgIpc) is 3.12. The number of ether oxygens (including phenoxy) is 2. The maximum Gasteiger partial charge on any atom is 0.161 e. The van der Waals surface area contributed by atoms with E-state index in [2.05, 4.69) is 9.97 Å². The zero-order valence-corrected chi connectivity index (χ0v) is 15.3. The van der Waals surface area contributed by atoms with Gasteiger partial charge in [0.15, 0.2) is 11.5 Å². The largest absolute Gasteiger partial charge is 0.493 e. The number of nitrogens with zero attached hydrogens (tertiary/aromatic N) is 1. The summed E-state index contributed by atoms with van der Waals surface area (Å²) in [6.07, 6.45) is 0. The van der Waals surface area contributed by atoms with Crippen molar-refractivity contribution in [3.63, 3.8) is 0 Å². The fraction of sp³-hybridized carbons (Fsp3) is 0.0952. The Morgan fingerprint density at radius 3 is 2.67 bits per heavy atom. The van der Waals surface area contributed by atoms with Crippen LogP contribution >= 0.6 is 11.6 Å². The Kier molecular flexibility index (Phi) is 4.69. The summed E-state index contributed by atoms with van der Waals surface area (Å²) in [6, 6.07) is 17.8. The molecular formula is C21H16ClFN2O2. The Bertz CT molecular complexity index is 1060. The minimum atomic E-state index is -0.402. The highest BCUT2D eigenvalue weighted by Crippen LogP contribution is 2.33. The van der Waals surface area contributed by atoms with E-state index in [-0.39, 0.29) is 6.61 Å². The van der Waals surface area contributed by atoms with Gasteiger partial charge in [-0.05, 0) is 42.5 Å². The van der Waals surface area contributed by atoms with E-state index in [4.69, 9.17) is 21.1 Å². The number of hydrogen-bond donors (Lipinski definition) is 1. The van der Waals surface area contributed by atoms with Crippen LogP contribution < -0.4 is 9.47 Å². The summed E-state index contributed by atoms with van der Waals surface area (Å²) in [4.78, 5) is 7.87. The quantitative estimate of drug-likeness (QED) is 0.488. The number of fused-ring (bicyclic) bond motifs is 1. The van der Waals surface area contributed by atoms with E-state index in [1.807, 2.05) is 36.4 Å². The molecule has 4 nitrogen and oxygen atoms in total. The monoisotopic (exact) mass is 382 g/mol. The van der Waals surface area contributed by atoms with Crippen molar-refractivity contribution in [1.29, 1.82) is 0 Å². The molecule has 0 aliphatic carbocycles. The van der Waals surface area contributed by atoms with Gasteiger partial charge in [-0.3, -0.25) is 0 Å². The highest BCUT2D eigenvalue weighted by molar-refractivity contribution is 6.31. The number of aromatic amines is 1. The third-order valence-electron chi connectivity index (χ3n) is 4.26. The Hall–Kier alpha value is -3.05. The van der Waals surface area contributed by atoms with Crippen LogP contribution in [0.25, 0.3) is 22.4 Å². The van der Waals surface area contributed by atoms with Crippen LogP contribution in [0.4, 0.5) is 4.39 Å². The minimum Gasteiger partial charge on any atom is -0.493 e. The van der Waals surface area contributed by atoms with Crippen molar-refractivity contribution >= 4 is 22.6 Å². The van der Waals surface area contributed by atoms with Crippen molar-refractivity contribution < 1.29 is 13.9 Å². The van der Waals surface area contributed by atoms with Gasteiger partial charge >= 0.3 is 0 Å². The van der Waals surface area contributed by atoms with Gasteiger partial charge in [0, 0.05) is 11.1 Å². The summed E-state index contributed by atoms with van der Waals surface area (Å²) < 4.78 is 25.1. The Morgan fingerprint density at radius 1 is 1.04 bits per heavy atom. The summed E-state index contributed by atoms with van der Waals surface area (Å²) in [5.41, 5.74) is 3.02. The first-order valence-electron chi connectivity index (χ1n) is 8.34. The van der Waals surface area contributed by atoms with Crippen LogP contribution in [-0.2, 0) is 6.61 Å². The van der Waals surface area contributed by atoms with E-state index in [9.17, 15) is 4.39 Å². The van der Waals surface area contributed by atoms with Crippen LogP contribution in [0.5, 0.6) is 11.5 Å². The average molecular weight is 383 g/mol. The van der Waals surface area contributed by atoms with Crippen LogP contribution in [0, 0.1) is 5.82 Å². The first kappa shape index (κ1) is 17.4. The molecule has 0 spiro atoms. The van der Waals surface area contributed by atoms with Crippen molar-refractivity contribution in [2.24, 2.45) is 0 Å². The van der Waals surface area contributed by atoms with E-state index in [1.165, 1.54) is 6.07 Å². The second kappa shape index (κ2) is 7.29. The van der Waals surface area contributed by atoms with E-state index in [0.29, 0.717) is 22.1 Å². The molecule has 0 saturated heterocycles. The van der Waals surface area contributed by atoms with Gasteiger partial charge in [-0.25, -0.2) is 9.37 Å². The van der Waals surface area contributed by atoms with Gasteiger partial charge in [-0.15, -0.1) is 0 Å². The molecule has 0 aliphatic rings. The Morgan fingerprint density at radius 2 is 1.89 bits per heavy atom. The molecule has 4 rings (SSSR count). The second-order valence-electron chi connectivity index (χ2n) is 5.96. The van der Waals surface area contributed by atoms with Gasteiger partial charge in [-0.1, -0.05) is 29.8 Å². The summed E-state index contributed by atoms with van der Waals surface area (Å²) >= 11 is 6.05. The number of halogens is 2. The number of benzene rings is 3. The Balaban J connectivity index is 1.61. The normalized spacial score (nSPS) is 10.9. The lowest BCUT2D eigenvalue weighted by molar-refractivity contribution is 0.280. The number of hydrogen-bond acceptors (Lipinski definition) is 3. The molecule has 0 amide bonds. The third kappa shape index (κ3) is 3.46. The van der Waals surface area contributed by atoms with Crippen LogP contribution in [-0.4, -0.2) is 17.1 Å². The van der Waals surface area contributed by atoms with E-state index >= 15 is 0 Å². The molecule has 27 heavy (non-hydrogen) atoms. The number of nitrogens with one attached hydrogen (secondary N) is 1. The molecule has 4 aromatic rings. The van der Waals surface area contributed by atoms with Crippen LogP contribution in [0.2, 0.25) is 5.02 Å². The lowest BCUT2D eigenvalue weighted by Crippen LogP contribution is -2.01. The molecule has 136 valence electrons. The number of imidazole rings is 1. The van der Waals surface area contributed by atoms with Gasteiger partial charge in [0.2, 0.25) is 0 Å². The minimum absolute atomic E-state index is 0.00580. The van der Waals surface area contributed by atoms with Crippen LogP contribution in [0.15, 0.2) is 60.7 Å². The van der Waals surface area contributed by atoms with Crippen molar-refractivity contribution in [2.75, 3.05) is 7.11 Å². The zero-order valence-electron chi connectivity index (χ0n) is 14.5. The maximum absolute atomic E-state index is 13.9. The topological polar surface area (TPSA) is 47.1 Å². The smallest absolute Gasteiger partial charge is 0.161 e. The van der Waals surface area contributed by atoms with Crippen molar-refractivity contribution in [3.05, 3.63) is 77.1 Å². The Labute approximate surface area is 160 Å². The predicted molar refractivity (Wildman–Crippen MR) is 104 cm³/mol. The van der Waals surface area contributed by atoms with Gasteiger partial charge in [-0.2, -0.15) is 0 Å². The van der Waals surface area contributed by atoms with Gasteiger partial charge in [0.1, 0.15) is 18.2 Å². The summed E-state index contributed by atoms with van der Waals surface area (Å²) in [5, 5.41) is 0.327. The molecule has 6 heteroatoms. The van der Waals surface area contributed by atoms with E-state index < -0.39 is 5.82 Å². The molecule has 0 unspecified atom stereocenters. The molecule has 0 saturated carbocycles. The van der Waals surface area contributed by atoms with Gasteiger partial charge < -0.3 is 14.5 Å². The van der Waals surface area contributed by atoms with E-state index in [0.717, 1.165) is 22.4 Å². The van der Waals surface area contributed by atoms with Crippen LogP contribution in [0.1, 0.15) is 5.56 Å². The third-order valence-corrected chi connectivity index (χ3v) is 4.61. The summed E-state index contributed by atoms with van der Waals surface area (Å²) in [5.74, 6) is 1.36. The molecule has 0 radical (unpaired) electrons. The molecule has 0 bridgehead atoms. The molecule has 1 aromatic heterocycles. The second-order valence-corrected chi connectivity index (χ2v) is 6.36. The number of methoxy groups -OCH3 is 1. The van der Waals surface area contributed by atoms with Gasteiger partial charge in [0.25, 0.3) is 0 Å². The summed E-state index contributed by atoms with van der Waals surface area (Å²) in [7, 11) is 1.56. The van der Waals surface area contributed by atoms with E-state index in [1.54, 1.807) is 25.3 Å². The predicted octanol–water partition coefficient (Wildman–Crippen LogP) is 5.61. The standard InChI is InChI=1S/C21H16ClFN2O2/c1-26-20-11-13(21-24-17-7-2-3-8-18(17)25-21)9-10-19(20)27-12-14-15(22)5-4-6-16(14)23/h2-11H,12H2,1H3,(H,24,25). The lowest BCUT2D eigenvalue weighted by Gasteiger charge is -2.13. The van der Waals surface area contributed by atoms with Crippen molar-refractivity contribution in [1.82, 2.24) is 9.97 Å². The summed E-state index contributed by atoms with van der Waals surface area (Å²) in [6.45, 7) is 0.00580. The maximum atomic E-state index is 13.9. The fourth-order valence-corrected chi connectivity index (χ4v) is 3.06. The van der Waals surface area contributed by atoms with Crippen LogP contribution in [0.3, 0.4) is 0 Å². The highest BCUT2D eigenvalue weighted by atomic mass is 35.5. The molecular weight excluding hydrogens is 367 g/mol. The number of para-hydroxylation sites is 2. The first-order chi connectivity index (χ1) is 13.2. The number of H-pyrrole nitrogens is 1. The molecule has 0 atom stereocenters. The zero-order chi connectivity index (χ0) is 18.8. The first-order valence-corrected chi connectivity index (χ1v) is 8.72. The highest BCUT2D eigenvalue weighted by Gasteiger charge is 2.13. The number of rotatable bonds is 5. The SMILES string of the molecule is COc1cc(-c2nc3ccccc3[nH]2)ccc1OCc1c(F)cccc1Cl. The van der Waals surface area contributed by atoms with Gasteiger partial charge in [0.05, 0.1) is 23.2 Å². The fourth-order valence-electron chi connectivity index (χ4n) is 2.84. The number of aromatic nitrogens is 2. The van der Waals surface area contributed by atoms with Crippen molar-refractivity contribution in [2.45, 2.75) is 6.61 Å². The molecule has 0 fully saturated rings. The molecule has 1 heterocycles. The molecule has 0 aliphatic heterocycles. The van der Waals surface area contributed by atoms with Crippen molar-refractivity contribution in [3.8, 4) is 22.9 Å². The molecule has 3 aromatic carbocycles. The lowest BCUT2D eigenvalue weighted by atomic mass is 10.2.